The van der Waals surface area contributed by atoms with E-state index in [-0.39, 0.29) is 0 Å². The molecule has 0 aliphatic heterocycles. The van der Waals surface area contributed by atoms with Crippen LogP contribution < -0.4 is 5.32 Å². The van der Waals surface area contributed by atoms with Crippen LogP contribution in [0.5, 0.6) is 0 Å². The van der Waals surface area contributed by atoms with Crippen LogP contribution in [-0.4, -0.2) is 37.6 Å². The van der Waals surface area contributed by atoms with Crippen LogP contribution in [0.4, 0.5) is 0 Å². The lowest BCUT2D eigenvalue weighted by Gasteiger charge is -2.37. The molecule has 0 aromatic heterocycles. The Balaban J connectivity index is 2.38. The molecule has 1 saturated carbocycles. The average molecular weight is 240 g/mol. The maximum Gasteiger partial charge on any atom is 0.0237 e. The molecule has 1 rings (SSSR count). The molecule has 1 fully saturated rings. The number of nitrogens with zero attached hydrogens (tertiary/aromatic N) is 1. The standard InChI is InChI=1S/C15H32N2/c1-12(2)14(17(5)6)11-16-13-8-7-9-15(3,4)10-13/h12-14,16H,7-11H2,1-6H3. The molecule has 1 aliphatic carbocycles. The Bertz CT molecular complexity index is 213. The van der Waals surface area contributed by atoms with Gasteiger partial charge in [0, 0.05) is 18.6 Å². The molecule has 102 valence electrons. The van der Waals surface area contributed by atoms with E-state index in [2.05, 4.69) is 52.0 Å². The van der Waals surface area contributed by atoms with E-state index in [1.165, 1.54) is 25.7 Å². The second kappa shape index (κ2) is 6.19. The summed E-state index contributed by atoms with van der Waals surface area (Å²) in [6.07, 6.45) is 5.48. The summed E-state index contributed by atoms with van der Waals surface area (Å²) in [5, 5.41) is 3.80. The number of nitrogens with one attached hydrogen (secondary N) is 1. The summed E-state index contributed by atoms with van der Waals surface area (Å²) < 4.78 is 0. The molecule has 0 spiro atoms. The fourth-order valence-electron chi connectivity index (χ4n) is 3.17. The zero-order chi connectivity index (χ0) is 13.1. The summed E-state index contributed by atoms with van der Waals surface area (Å²) in [4.78, 5) is 2.35. The van der Waals surface area contributed by atoms with Gasteiger partial charge in [0.25, 0.3) is 0 Å². The SMILES string of the molecule is CC(C)C(CNC1CCCC(C)(C)C1)N(C)C. The Kier molecular flexibility index (Phi) is 5.46. The summed E-state index contributed by atoms with van der Waals surface area (Å²) in [7, 11) is 4.38. The van der Waals surface area contributed by atoms with Crippen molar-refractivity contribution in [3.63, 3.8) is 0 Å². The lowest BCUT2D eigenvalue weighted by atomic mass is 9.75. The van der Waals surface area contributed by atoms with Crippen LogP contribution in [0.3, 0.4) is 0 Å². The van der Waals surface area contributed by atoms with Gasteiger partial charge in [-0.3, -0.25) is 0 Å². The number of likely N-dealkylation sites (N-methyl/N-ethyl adjacent to an activating group) is 1. The Hall–Kier alpha value is -0.0800. The average Bonchev–Trinajstić information content (AvgIpc) is 2.15. The quantitative estimate of drug-likeness (QED) is 0.794. The van der Waals surface area contributed by atoms with Gasteiger partial charge >= 0.3 is 0 Å². The van der Waals surface area contributed by atoms with Crippen molar-refractivity contribution >= 4 is 0 Å². The van der Waals surface area contributed by atoms with E-state index in [9.17, 15) is 0 Å². The molecule has 2 unspecified atom stereocenters. The lowest BCUT2D eigenvalue weighted by molar-refractivity contribution is 0.173. The molecule has 0 amide bonds. The van der Waals surface area contributed by atoms with Gasteiger partial charge in [0.1, 0.15) is 0 Å². The molecule has 2 nitrogen and oxygen atoms in total. The van der Waals surface area contributed by atoms with Crippen LogP contribution in [0.2, 0.25) is 0 Å². The molecule has 0 radical (unpaired) electrons. The highest BCUT2D eigenvalue weighted by atomic mass is 15.1. The van der Waals surface area contributed by atoms with Gasteiger partial charge in [-0.1, -0.05) is 34.1 Å². The van der Waals surface area contributed by atoms with Gasteiger partial charge in [-0.05, 0) is 44.7 Å². The summed E-state index contributed by atoms with van der Waals surface area (Å²) in [6.45, 7) is 10.6. The van der Waals surface area contributed by atoms with Gasteiger partial charge in [-0.2, -0.15) is 0 Å². The van der Waals surface area contributed by atoms with E-state index in [0.717, 1.165) is 12.6 Å². The van der Waals surface area contributed by atoms with Gasteiger partial charge < -0.3 is 10.2 Å². The van der Waals surface area contributed by atoms with Crippen molar-refractivity contribution in [3.05, 3.63) is 0 Å². The van der Waals surface area contributed by atoms with Crippen LogP contribution in [0.1, 0.15) is 53.4 Å². The van der Waals surface area contributed by atoms with E-state index in [4.69, 9.17) is 0 Å². The first-order valence-electron chi connectivity index (χ1n) is 7.21. The summed E-state index contributed by atoms with van der Waals surface area (Å²) in [6, 6.07) is 1.39. The summed E-state index contributed by atoms with van der Waals surface area (Å²) in [5.74, 6) is 0.717. The second-order valence-corrected chi connectivity index (χ2v) is 7.14. The van der Waals surface area contributed by atoms with Crippen molar-refractivity contribution in [1.82, 2.24) is 10.2 Å². The third-order valence-corrected chi connectivity index (χ3v) is 4.25. The third kappa shape index (κ3) is 4.97. The van der Waals surface area contributed by atoms with E-state index in [1.54, 1.807) is 0 Å². The maximum absolute atomic E-state index is 3.80. The molecule has 0 saturated heterocycles. The molecule has 17 heavy (non-hydrogen) atoms. The van der Waals surface area contributed by atoms with Gasteiger partial charge in [0.2, 0.25) is 0 Å². The fourth-order valence-corrected chi connectivity index (χ4v) is 3.17. The zero-order valence-electron chi connectivity index (χ0n) is 12.7. The Morgan fingerprint density at radius 1 is 1.29 bits per heavy atom. The molecule has 1 N–H and O–H groups in total. The molecule has 0 aromatic rings. The van der Waals surface area contributed by atoms with Crippen molar-refractivity contribution in [2.45, 2.75) is 65.5 Å². The monoisotopic (exact) mass is 240 g/mol. The van der Waals surface area contributed by atoms with Gasteiger partial charge in [-0.25, -0.2) is 0 Å². The van der Waals surface area contributed by atoms with Gasteiger partial charge in [-0.15, -0.1) is 0 Å². The van der Waals surface area contributed by atoms with E-state index in [0.29, 0.717) is 17.4 Å². The third-order valence-electron chi connectivity index (χ3n) is 4.25. The first-order valence-corrected chi connectivity index (χ1v) is 7.21. The van der Waals surface area contributed by atoms with Crippen molar-refractivity contribution in [3.8, 4) is 0 Å². The predicted octanol–water partition coefficient (Wildman–Crippen LogP) is 3.13. The summed E-state index contributed by atoms with van der Waals surface area (Å²) in [5.41, 5.74) is 0.543. The van der Waals surface area contributed by atoms with Crippen molar-refractivity contribution in [1.29, 1.82) is 0 Å². The van der Waals surface area contributed by atoms with Crippen LogP contribution >= 0.6 is 0 Å². The number of hydrogen-bond donors (Lipinski definition) is 1. The molecular formula is C15H32N2. The minimum Gasteiger partial charge on any atom is -0.312 e. The minimum absolute atomic E-state index is 0.543. The van der Waals surface area contributed by atoms with Gasteiger partial charge in [0.05, 0.1) is 0 Å². The smallest absolute Gasteiger partial charge is 0.0237 e. The van der Waals surface area contributed by atoms with Crippen molar-refractivity contribution in [2.24, 2.45) is 11.3 Å². The lowest BCUT2D eigenvalue weighted by Crippen LogP contribution is -2.46. The first kappa shape index (κ1) is 15.0. The van der Waals surface area contributed by atoms with Crippen molar-refractivity contribution < 1.29 is 0 Å². The zero-order valence-corrected chi connectivity index (χ0v) is 12.7. The number of rotatable bonds is 5. The van der Waals surface area contributed by atoms with Crippen LogP contribution in [0, 0.1) is 11.3 Å². The molecule has 0 bridgehead atoms. The molecule has 2 heteroatoms. The molecule has 0 aromatic carbocycles. The highest BCUT2D eigenvalue weighted by Crippen LogP contribution is 2.35. The van der Waals surface area contributed by atoms with Crippen LogP contribution in [0.25, 0.3) is 0 Å². The Morgan fingerprint density at radius 3 is 2.41 bits per heavy atom. The first-order chi connectivity index (χ1) is 7.82. The largest absolute Gasteiger partial charge is 0.312 e. The number of hydrogen-bond acceptors (Lipinski definition) is 2. The topological polar surface area (TPSA) is 15.3 Å². The molecular weight excluding hydrogens is 208 g/mol. The highest BCUT2D eigenvalue weighted by molar-refractivity contribution is 4.85. The highest BCUT2D eigenvalue weighted by Gasteiger charge is 2.28. The van der Waals surface area contributed by atoms with E-state index >= 15 is 0 Å². The normalized spacial score (nSPS) is 26.5. The van der Waals surface area contributed by atoms with Crippen molar-refractivity contribution in [2.75, 3.05) is 20.6 Å². The van der Waals surface area contributed by atoms with E-state index < -0.39 is 0 Å². The Morgan fingerprint density at radius 2 is 1.94 bits per heavy atom. The Labute approximate surface area is 108 Å². The predicted molar refractivity (Wildman–Crippen MR) is 76.4 cm³/mol. The molecule has 0 heterocycles. The van der Waals surface area contributed by atoms with Crippen LogP contribution in [-0.2, 0) is 0 Å². The summed E-state index contributed by atoms with van der Waals surface area (Å²) >= 11 is 0. The molecule has 1 aliphatic rings. The maximum atomic E-state index is 3.80. The minimum atomic E-state index is 0.543. The molecule has 2 atom stereocenters. The van der Waals surface area contributed by atoms with E-state index in [1.807, 2.05) is 0 Å². The fraction of sp³-hybridized carbons (Fsp3) is 1.00. The second-order valence-electron chi connectivity index (χ2n) is 7.14. The van der Waals surface area contributed by atoms with Gasteiger partial charge in [0.15, 0.2) is 0 Å². The van der Waals surface area contributed by atoms with Crippen LogP contribution in [0.15, 0.2) is 0 Å².